The molecule has 13 heavy (non-hydrogen) atoms. The predicted molar refractivity (Wildman–Crippen MR) is 44.8 cm³/mol. The highest BCUT2D eigenvalue weighted by atomic mass is 16.5. The molecule has 0 radical (unpaired) electrons. The first-order chi connectivity index (χ1) is 6.15. The number of ether oxygens (including phenoxy) is 1. The Hall–Kier alpha value is -1.58. The molecule has 4 nitrogen and oxygen atoms in total. The van der Waals surface area contributed by atoms with Gasteiger partial charge in [-0.05, 0) is 18.4 Å². The van der Waals surface area contributed by atoms with Crippen LogP contribution in [0, 0.1) is 0 Å². The lowest BCUT2D eigenvalue weighted by molar-refractivity contribution is -0.137. The second-order valence-electron chi connectivity index (χ2n) is 2.72. The van der Waals surface area contributed by atoms with E-state index in [4.69, 9.17) is 5.11 Å². The fourth-order valence-electron chi connectivity index (χ4n) is 1.19. The Morgan fingerprint density at radius 3 is 2.62 bits per heavy atom. The van der Waals surface area contributed by atoms with Crippen molar-refractivity contribution >= 4 is 11.9 Å². The molecule has 4 heteroatoms. The van der Waals surface area contributed by atoms with Gasteiger partial charge in [-0.1, -0.05) is 6.58 Å². The molecule has 0 unspecified atom stereocenters. The number of rotatable bonds is 4. The van der Waals surface area contributed by atoms with E-state index in [1.165, 1.54) is 0 Å². The third-order valence-corrected chi connectivity index (χ3v) is 1.93. The Bertz CT molecular complexity index is 288. The summed E-state index contributed by atoms with van der Waals surface area (Å²) in [4.78, 5) is 21.4. The minimum Gasteiger partial charge on any atom is -0.478 e. The molecule has 0 aromatic carbocycles. The van der Waals surface area contributed by atoms with E-state index in [0.717, 1.165) is 6.26 Å². The van der Waals surface area contributed by atoms with E-state index >= 15 is 0 Å². The zero-order chi connectivity index (χ0) is 9.84. The maximum Gasteiger partial charge on any atom is 0.331 e. The van der Waals surface area contributed by atoms with Gasteiger partial charge >= 0.3 is 11.9 Å². The van der Waals surface area contributed by atoms with Crippen LogP contribution in [-0.2, 0) is 14.3 Å². The van der Waals surface area contributed by atoms with Crippen LogP contribution in [-0.4, -0.2) is 17.0 Å². The third kappa shape index (κ3) is 2.18. The normalized spacial score (nSPS) is 14.8. The summed E-state index contributed by atoms with van der Waals surface area (Å²) in [5.41, 5.74) is 1.01. The van der Waals surface area contributed by atoms with Gasteiger partial charge in [0.2, 0.25) is 0 Å². The van der Waals surface area contributed by atoms with Crippen LogP contribution in [0.5, 0.6) is 0 Å². The number of esters is 1. The van der Waals surface area contributed by atoms with Gasteiger partial charge in [-0.25, -0.2) is 4.79 Å². The monoisotopic (exact) mass is 182 g/mol. The fraction of sp³-hybridized carbons (Fsp3) is 0.333. The van der Waals surface area contributed by atoms with Gasteiger partial charge in [0, 0.05) is 5.57 Å². The zero-order valence-electron chi connectivity index (χ0n) is 7.08. The molecule has 70 valence electrons. The van der Waals surface area contributed by atoms with E-state index in [1.54, 1.807) is 0 Å². The minimum atomic E-state index is -0.937. The first kappa shape index (κ1) is 9.51. The van der Waals surface area contributed by atoms with Gasteiger partial charge in [-0.3, -0.25) is 4.79 Å². The average Bonchev–Trinajstić information content (AvgIpc) is 1.97. The number of carbonyl (C=O) groups excluding carboxylic acids is 1. The second-order valence-corrected chi connectivity index (χ2v) is 2.72. The third-order valence-electron chi connectivity index (χ3n) is 1.93. The van der Waals surface area contributed by atoms with Crippen LogP contribution in [0.2, 0.25) is 0 Å². The van der Waals surface area contributed by atoms with Crippen LogP contribution in [0.3, 0.4) is 0 Å². The summed E-state index contributed by atoms with van der Waals surface area (Å²) in [6.45, 7) is 3.23. The standard InChI is InChI=1S/C9H10O4/c1-2-13-8(10)5-6-3-4-7(6)9(11)12/h2H,1,3-5H2,(H,11,12). The fourth-order valence-corrected chi connectivity index (χ4v) is 1.19. The Balaban J connectivity index is 2.55. The highest BCUT2D eigenvalue weighted by molar-refractivity contribution is 5.91. The van der Waals surface area contributed by atoms with Crippen LogP contribution in [0.4, 0.5) is 0 Å². The molecule has 1 rings (SSSR count). The van der Waals surface area contributed by atoms with Crippen LogP contribution >= 0.6 is 0 Å². The summed E-state index contributed by atoms with van der Waals surface area (Å²) in [5, 5.41) is 8.62. The number of carboxylic acid groups (broad SMARTS) is 1. The summed E-state index contributed by atoms with van der Waals surface area (Å²) in [6.07, 6.45) is 2.33. The molecule has 0 saturated heterocycles. The largest absolute Gasteiger partial charge is 0.478 e. The highest BCUT2D eigenvalue weighted by Gasteiger charge is 2.24. The van der Waals surface area contributed by atoms with Gasteiger partial charge in [-0.2, -0.15) is 0 Å². The van der Waals surface area contributed by atoms with E-state index in [-0.39, 0.29) is 6.42 Å². The summed E-state index contributed by atoms with van der Waals surface area (Å²) < 4.78 is 4.47. The van der Waals surface area contributed by atoms with Crippen LogP contribution in [0.15, 0.2) is 24.0 Å². The Morgan fingerprint density at radius 2 is 2.23 bits per heavy atom. The van der Waals surface area contributed by atoms with Gasteiger partial charge in [0.25, 0.3) is 0 Å². The van der Waals surface area contributed by atoms with Gasteiger partial charge in [0.15, 0.2) is 0 Å². The molecule has 0 aromatic heterocycles. The number of carboxylic acids is 1. The summed E-state index contributed by atoms with van der Waals surface area (Å²) in [6, 6.07) is 0. The maximum absolute atomic E-state index is 10.9. The Labute approximate surface area is 75.5 Å². The van der Waals surface area contributed by atoms with Crippen molar-refractivity contribution in [2.24, 2.45) is 0 Å². The lowest BCUT2D eigenvalue weighted by Gasteiger charge is -2.19. The predicted octanol–water partition coefficient (Wildman–Crippen LogP) is 1.24. The lowest BCUT2D eigenvalue weighted by Crippen LogP contribution is -2.16. The highest BCUT2D eigenvalue weighted by Crippen LogP contribution is 2.30. The van der Waals surface area contributed by atoms with Crippen molar-refractivity contribution in [2.45, 2.75) is 19.3 Å². The lowest BCUT2D eigenvalue weighted by atomic mass is 9.86. The number of hydrogen-bond donors (Lipinski definition) is 1. The summed E-state index contributed by atoms with van der Waals surface area (Å²) in [5.74, 6) is -1.39. The van der Waals surface area contributed by atoms with E-state index in [1.807, 2.05) is 0 Å². The van der Waals surface area contributed by atoms with Gasteiger partial charge in [0.1, 0.15) is 0 Å². The van der Waals surface area contributed by atoms with Crippen molar-refractivity contribution in [3.05, 3.63) is 24.0 Å². The van der Waals surface area contributed by atoms with Crippen LogP contribution in [0.25, 0.3) is 0 Å². The van der Waals surface area contributed by atoms with Gasteiger partial charge in [-0.15, -0.1) is 0 Å². The van der Waals surface area contributed by atoms with E-state index in [9.17, 15) is 9.59 Å². The SMILES string of the molecule is C=COC(=O)CC1=C(C(=O)O)CC1. The van der Waals surface area contributed by atoms with Crippen molar-refractivity contribution in [2.75, 3.05) is 0 Å². The molecule has 1 aliphatic carbocycles. The topological polar surface area (TPSA) is 63.6 Å². The van der Waals surface area contributed by atoms with E-state index < -0.39 is 11.9 Å². The molecule has 1 aliphatic rings. The molecule has 0 aromatic rings. The number of carbonyl (C=O) groups is 2. The smallest absolute Gasteiger partial charge is 0.331 e. The van der Waals surface area contributed by atoms with Crippen molar-refractivity contribution < 1.29 is 19.4 Å². The number of aliphatic carboxylic acids is 1. The molecule has 0 aliphatic heterocycles. The molecule has 0 spiro atoms. The van der Waals surface area contributed by atoms with E-state index in [2.05, 4.69) is 11.3 Å². The number of hydrogen-bond acceptors (Lipinski definition) is 3. The Morgan fingerprint density at radius 1 is 1.54 bits per heavy atom. The molecule has 0 saturated carbocycles. The molecular weight excluding hydrogens is 172 g/mol. The minimum absolute atomic E-state index is 0.0631. The zero-order valence-corrected chi connectivity index (χ0v) is 7.08. The summed E-state index contributed by atoms with van der Waals surface area (Å²) >= 11 is 0. The first-order valence-corrected chi connectivity index (χ1v) is 3.89. The van der Waals surface area contributed by atoms with Crippen LogP contribution in [0.1, 0.15) is 19.3 Å². The van der Waals surface area contributed by atoms with Gasteiger partial charge in [0.05, 0.1) is 12.7 Å². The van der Waals surface area contributed by atoms with Gasteiger partial charge < -0.3 is 9.84 Å². The quantitative estimate of drug-likeness (QED) is 0.524. The molecule has 0 atom stereocenters. The maximum atomic E-state index is 10.9. The molecular formula is C9H10O4. The molecule has 0 bridgehead atoms. The molecule has 0 heterocycles. The average molecular weight is 182 g/mol. The first-order valence-electron chi connectivity index (χ1n) is 3.89. The van der Waals surface area contributed by atoms with Crippen molar-refractivity contribution in [1.29, 1.82) is 0 Å². The van der Waals surface area contributed by atoms with Crippen molar-refractivity contribution in [1.82, 2.24) is 0 Å². The van der Waals surface area contributed by atoms with Crippen LogP contribution < -0.4 is 0 Å². The molecule has 1 N–H and O–H groups in total. The van der Waals surface area contributed by atoms with E-state index in [0.29, 0.717) is 24.0 Å². The Kier molecular flexibility index (Phi) is 2.84. The molecule has 0 fully saturated rings. The summed E-state index contributed by atoms with van der Waals surface area (Å²) in [7, 11) is 0. The van der Waals surface area contributed by atoms with Crippen molar-refractivity contribution in [3.8, 4) is 0 Å². The molecule has 0 amide bonds. The second kappa shape index (κ2) is 3.89. The van der Waals surface area contributed by atoms with Crippen molar-refractivity contribution in [3.63, 3.8) is 0 Å².